The van der Waals surface area contributed by atoms with Crippen LogP contribution in [0.15, 0.2) is 54.6 Å². The van der Waals surface area contributed by atoms with Crippen LogP contribution in [0.2, 0.25) is 0 Å². The van der Waals surface area contributed by atoms with Crippen molar-refractivity contribution in [3.8, 4) is 5.75 Å². The number of ether oxygens (including phenoxy) is 1. The molecule has 3 heteroatoms. The quantitative estimate of drug-likeness (QED) is 0.834. The van der Waals surface area contributed by atoms with Gasteiger partial charge in [0.05, 0.1) is 13.2 Å². The van der Waals surface area contributed by atoms with Gasteiger partial charge in [0, 0.05) is 18.3 Å². The minimum Gasteiger partial charge on any atom is -0.497 e. The highest BCUT2D eigenvalue weighted by Crippen LogP contribution is 2.19. The van der Waals surface area contributed by atoms with Crippen molar-refractivity contribution in [3.63, 3.8) is 0 Å². The van der Waals surface area contributed by atoms with E-state index >= 15 is 0 Å². The molecule has 0 aliphatic heterocycles. The van der Waals surface area contributed by atoms with Crippen molar-refractivity contribution in [2.75, 3.05) is 19.0 Å². The van der Waals surface area contributed by atoms with E-state index in [0.29, 0.717) is 13.0 Å². The van der Waals surface area contributed by atoms with E-state index in [2.05, 4.69) is 5.32 Å². The summed E-state index contributed by atoms with van der Waals surface area (Å²) in [7, 11) is 1.65. The first-order chi connectivity index (χ1) is 9.29. The molecule has 2 N–H and O–H groups in total. The zero-order chi connectivity index (χ0) is 13.5. The van der Waals surface area contributed by atoms with Crippen molar-refractivity contribution >= 4 is 5.69 Å². The third kappa shape index (κ3) is 4.00. The fourth-order valence-electron chi connectivity index (χ4n) is 1.93. The molecule has 100 valence electrons. The van der Waals surface area contributed by atoms with Gasteiger partial charge in [-0.15, -0.1) is 0 Å². The van der Waals surface area contributed by atoms with Crippen LogP contribution in [0.4, 0.5) is 5.69 Å². The molecule has 0 aliphatic carbocycles. The van der Waals surface area contributed by atoms with Crippen molar-refractivity contribution in [1.29, 1.82) is 0 Å². The summed E-state index contributed by atoms with van der Waals surface area (Å²) in [6.45, 7) is 0.712. The summed E-state index contributed by atoms with van der Waals surface area (Å²) in [5.74, 6) is 0.827. The van der Waals surface area contributed by atoms with Gasteiger partial charge in [0.1, 0.15) is 5.75 Å². The zero-order valence-electron chi connectivity index (χ0n) is 11.0. The maximum Gasteiger partial charge on any atom is 0.120 e. The predicted octanol–water partition coefficient (Wildman–Crippen LogP) is 3.23. The molecule has 0 saturated heterocycles. The summed E-state index contributed by atoms with van der Waals surface area (Å²) in [6.07, 6.45) is 0.237. The standard InChI is InChI=1S/C16H19NO2/c1-19-15-9-5-8-14(12-15)17-11-10-16(18)13-6-3-2-4-7-13/h2-9,12,16-18H,10-11H2,1H3/t16-/m1/s1. The average Bonchev–Trinajstić information content (AvgIpc) is 2.48. The SMILES string of the molecule is COc1cccc(NCC[C@@H](O)c2ccccc2)c1. The number of anilines is 1. The van der Waals surface area contributed by atoms with Crippen LogP contribution in [0, 0.1) is 0 Å². The van der Waals surface area contributed by atoms with Gasteiger partial charge >= 0.3 is 0 Å². The number of hydrogen-bond acceptors (Lipinski definition) is 3. The van der Waals surface area contributed by atoms with Crippen molar-refractivity contribution in [1.82, 2.24) is 0 Å². The van der Waals surface area contributed by atoms with Crippen LogP contribution in [-0.2, 0) is 0 Å². The highest BCUT2D eigenvalue weighted by molar-refractivity contribution is 5.48. The van der Waals surface area contributed by atoms with Crippen LogP contribution >= 0.6 is 0 Å². The van der Waals surface area contributed by atoms with Crippen LogP contribution in [0.25, 0.3) is 0 Å². The second-order valence-corrected chi connectivity index (χ2v) is 4.37. The molecule has 0 spiro atoms. The molecule has 1 atom stereocenters. The molecule has 0 radical (unpaired) electrons. The molecular formula is C16H19NO2. The van der Waals surface area contributed by atoms with Crippen molar-refractivity contribution in [2.45, 2.75) is 12.5 Å². The van der Waals surface area contributed by atoms with Gasteiger partial charge in [-0.1, -0.05) is 36.4 Å². The monoisotopic (exact) mass is 257 g/mol. The summed E-state index contributed by atoms with van der Waals surface area (Å²) in [4.78, 5) is 0. The van der Waals surface area contributed by atoms with Gasteiger partial charge in [0.25, 0.3) is 0 Å². The fraction of sp³-hybridized carbons (Fsp3) is 0.250. The second kappa shape index (κ2) is 6.81. The second-order valence-electron chi connectivity index (χ2n) is 4.37. The lowest BCUT2D eigenvalue weighted by molar-refractivity contribution is 0.171. The number of benzene rings is 2. The summed E-state index contributed by atoms with van der Waals surface area (Å²) in [5.41, 5.74) is 1.95. The molecule has 3 nitrogen and oxygen atoms in total. The highest BCUT2D eigenvalue weighted by atomic mass is 16.5. The van der Waals surface area contributed by atoms with E-state index in [1.54, 1.807) is 7.11 Å². The lowest BCUT2D eigenvalue weighted by Crippen LogP contribution is -2.07. The lowest BCUT2D eigenvalue weighted by atomic mass is 10.1. The van der Waals surface area contributed by atoms with Gasteiger partial charge in [-0.3, -0.25) is 0 Å². The van der Waals surface area contributed by atoms with E-state index in [0.717, 1.165) is 17.0 Å². The van der Waals surface area contributed by atoms with Gasteiger partial charge in [-0.05, 0) is 24.1 Å². The van der Waals surface area contributed by atoms with Crippen molar-refractivity contribution in [2.24, 2.45) is 0 Å². The van der Waals surface area contributed by atoms with Gasteiger partial charge in [0.2, 0.25) is 0 Å². The van der Waals surface area contributed by atoms with E-state index in [-0.39, 0.29) is 0 Å². The molecule has 0 amide bonds. The lowest BCUT2D eigenvalue weighted by Gasteiger charge is -2.12. The first-order valence-corrected chi connectivity index (χ1v) is 6.40. The Morgan fingerprint density at radius 3 is 2.63 bits per heavy atom. The molecule has 0 unspecified atom stereocenters. The Balaban J connectivity index is 1.83. The Labute approximate surface area is 113 Å². The van der Waals surface area contributed by atoms with Crippen LogP contribution in [0.5, 0.6) is 5.75 Å². The van der Waals surface area contributed by atoms with E-state index in [1.165, 1.54) is 0 Å². The molecule has 0 bridgehead atoms. The number of aliphatic hydroxyl groups is 1. The highest BCUT2D eigenvalue weighted by Gasteiger charge is 2.06. The van der Waals surface area contributed by atoms with E-state index in [1.807, 2.05) is 54.6 Å². The van der Waals surface area contributed by atoms with E-state index in [4.69, 9.17) is 4.74 Å². The number of aliphatic hydroxyl groups excluding tert-OH is 1. The topological polar surface area (TPSA) is 41.5 Å². The zero-order valence-corrected chi connectivity index (χ0v) is 11.0. The fourth-order valence-corrected chi connectivity index (χ4v) is 1.93. The van der Waals surface area contributed by atoms with Gasteiger partial charge < -0.3 is 15.2 Å². The number of nitrogens with one attached hydrogen (secondary N) is 1. The molecule has 2 aromatic carbocycles. The Morgan fingerprint density at radius 2 is 1.89 bits per heavy atom. The third-order valence-corrected chi connectivity index (χ3v) is 3.00. The minimum atomic E-state index is -0.431. The number of rotatable bonds is 6. The number of hydrogen-bond donors (Lipinski definition) is 2. The van der Waals surface area contributed by atoms with Crippen LogP contribution in [-0.4, -0.2) is 18.8 Å². The van der Waals surface area contributed by atoms with E-state index in [9.17, 15) is 5.11 Å². The predicted molar refractivity (Wildman–Crippen MR) is 77.5 cm³/mol. The Kier molecular flexibility index (Phi) is 4.81. The van der Waals surface area contributed by atoms with E-state index < -0.39 is 6.10 Å². The minimum absolute atomic E-state index is 0.431. The average molecular weight is 257 g/mol. The molecule has 0 aliphatic rings. The number of methoxy groups -OCH3 is 1. The summed E-state index contributed by atoms with van der Waals surface area (Å²) in [6, 6.07) is 17.5. The smallest absolute Gasteiger partial charge is 0.120 e. The molecule has 2 rings (SSSR count). The molecule has 2 aromatic rings. The van der Waals surface area contributed by atoms with Gasteiger partial charge in [0.15, 0.2) is 0 Å². The maximum atomic E-state index is 10.0. The van der Waals surface area contributed by atoms with Crippen LogP contribution in [0.1, 0.15) is 18.1 Å². The molecule has 0 saturated carbocycles. The summed E-state index contributed by atoms with van der Waals surface area (Å²) in [5, 5.41) is 13.3. The van der Waals surface area contributed by atoms with Crippen LogP contribution in [0.3, 0.4) is 0 Å². The summed E-state index contributed by atoms with van der Waals surface area (Å²) < 4.78 is 5.16. The normalized spacial score (nSPS) is 11.9. The largest absolute Gasteiger partial charge is 0.497 e. The molecule has 0 heterocycles. The van der Waals surface area contributed by atoms with Gasteiger partial charge in [-0.2, -0.15) is 0 Å². The molecular weight excluding hydrogens is 238 g/mol. The van der Waals surface area contributed by atoms with Crippen molar-refractivity contribution in [3.05, 3.63) is 60.2 Å². The first kappa shape index (κ1) is 13.4. The first-order valence-electron chi connectivity index (χ1n) is 6.40. The Hall–Kier alpha value is -2.00. The Bertz CT molecular complexity index is 499. The third-order valence-electron chi connectivity index (χ3n) is 3.00. The van der Waals surface area contributed by atoms with Crippen LogP contribution < -0.4 is 10.1 Å². The summed E-state index contributed by atoms with van der Waals surface area (Å²) >= 11 is 0. The molecule has 0 fully saturated rings. The molecule has 0 aromatic heterocycles. The van der Waals surface area contributed by atoms with Gasteiger partial charge in [-0.25, -0.2) is 0 Å². The molecule has 19 heavy (non-hydrogen) atoms. The Morgan fingerprint density at radius 1 is 1.11 bits per heavy atom. The van der Waals surface area contributed by atoms with Crippen molar-refractivity contribution < 1.29 is 9.84 Å². The maximum absolute atomic E-state index is 10.0.